The molecule has 1 aromatic heterocycles. The van der Waals surface area contributed by atoms with Crippen molar-refractivity contribution in [3.05, 3.63) is 53.7 Å². The van der Waals surface area contributed by atoms with Crippen LogP contribution in [0.15, 0.2) is 41.0 Å². The fourth-order valence-electron chi connectivity index (χ4n) is 1.87. The molecule has 4 heteroatoms. The van der Waals surface area contributed by atoms with Gasteiger partial charge in [0.25, 0.3) is 0 Å². The molecule has 0 radical (unpaired) electrons. The van der Waals surface area contributed by atoms with E-state index in [1.165, 1.54) is 12.1 Å². The summed E-state index contributed by atoms with van der Waals surface area (Å²) in [4.78, 5) is 1.96. The number of halogens is 1. The molecule has 0 fully saturated rings. The van der Waals surface area contributed by atoms with Gasteiger partial charge in [-0.2, -0.15) is 0 Å². The number of rotatable bonds is 5. The largest absolute Gasteiger partial charge is 0.467 e. The molecule has 0 saturated heterocycles. The van der Waals surface area contributed by atoms with Gasteiger partial charge in [0.1, 0.15) is 11.6 Å². The van der Waals surface area contributed by atoms with Crippen molar-refractivity contribution in [3.8, 4) is 0 Å². The van der Waals surface area contributed by atoms with Crippen LogP contribution < -0.4 is 10.2 Å². The van der Waals surface area contributed by atoms with Crippen LogP contribution in [0.25, 0.3) is 0 Å². The lowest BCUT2D eigenvalue weighted by atomic mass is 10.2. The molecule has 3 nitrogen and oxygen atoms in total. The summed E-state index contributed by atoms with van der Waals surface area (Å²) in [5, 5.41) is 3.09. The molecular formula is C14H17FN2O. The van der Waals surface area contributed by atoms with Crippen LogP contribution in [0.2, 0.25) is 0 Å². The van der Waals surface area contributed by atoms with E-state index in [1.54, 1.807) is 12.3 Å². The third kappa shape index (κ3) is 2.90. The number of nitrogens with zero attached hydrogens (tertiary/aromatic N) is 1. The maximum Gasteiger partial charge on any atom is 0.127 e. The molecule has 0 aliphatic carbocycles. The van der Waals surface area contributed by atoms with Gasteiger partial charge >= 0.3 is 0 Å². The van der Waals surface area contributed by atoms with E-state index in [4.69, 9.17) is 4.42 Å². The third-order valence-corrected chi connectivity index (χ3v) is 2.83. The molecule has 2 aromatic rings. The van der Waals surface area contributed by atoms with Gasteiger partial charge in [-0.1, -0.05) is 6.07 Å². The monoisotopic (exact) mass is 248 g/mol. The van der Waals surface area contributed by atoms with Crippen LogP contribution in [0.4, 0.5) is 10.1 Å². The van der Waals surface area contributed by atoms with Crippen LogP contribution in [0.1, 0.15) is 11.3 Å². The maximum absolute atomic E-state index is 13.1. The van der Waals surface area contributed by atoms with E-state index in [2.05, 4.69) is 5.32 Å². The predicted molar refractivity (Wildman–Crippen MR) is 70.0 cm³/mol. The van der Waals surface area contributed by atoms with Crippen molar-refractivity contribution < 1.29 is 8.81 Å². The molecule has 0 bridgehead atoms. The SMILES string of the molecule is CNCc1ccoc1CN(C)c1cccc(F)c1. The molecule has 0 unspecified atom stereocenters. The Morgan fingerprint density at radius 1 is 1.33 bits per heavy atom. The maximum atomic E-state index is 13.1. The van der Waals surface area contributed by atoms with Gasteiger partial charge in [0, 0.05) is 24.8 Å². The minimum atomic E-state index is -0.228. The molecule has 1 N–H and O–H groups in total. The summed E-state index contributed by atoms with van der Waals surface area (Å²) in [6, 6.07) is 8.49. The van der Waals surface area contributed by atoms with Crippen LogP contribution in [-0.4, -0.2) is 14.1 Å². The molecule has 0 aliphatic rings. The highest BCUT2D eigenvalue weighted by Gasteiger charge is 2.09. The van der Waals surface area contributed by atoms with E-state index in [0.717, 1.165) is 23.6 Å². The summed E-state index contributed by atoms with van der Waals surface area (Å²) in [5.74, 6) is 0.672. The second-order valence-corrected chi connectivity index (χ2v) is 4.24. The zero-order valence-electron chi connectivity index (χ0n) is 10.6. The van der Waals surface area contributed by atoms with Crippen LogP contribution >= 0.6 is 0 Å². The van der Waals surface area contributed by atoms with Crippen LogP contribution in [0.5, 0.6) is 0 Å². The molecule has 0 spiro atoms. The van der Waals surface area contributed by atoms with Crippen LogP contribution in [-0.2, 0) is 13.1 Å². The van der Waals surface area contributed by atoms with Gasteiger partial charge in [0.15, 0.2) is 0 Å². The molecule has 18 heavy (non-hydrogen) atoms. The Labute approximate surface area is 106 Å². The van der Waals surface area contributed by atoms with E-state index >= 15 is 0 Å². The standard InChI is InChI=1S/C14H17FN2O/c1-16-9-11-6-7-18-14(11)10-17(2)13-5-3-4-12(15)8-13/h3-8,16H,9-10H2,1-2H3. The van der Waals surface area contributed by atoms with Crippen molar-refractivity contribution in [2.75, 3.05) is 19.0 Å². The zero-order valence-corrected chi connectivity index (χ0v) is 10.6. The minimum Gasteiger partial charge on any atom is -0.467 e. The van der Waals surface area contributed by atoms with Crippen molar-refractivity contribution in [2.24, 2.45) is 0 Å². The Bertz CT molecular complexity index is 510. The first-order valence-corrected chi connectivity index (χ1v) is 5.87. The van der Waals surface area contributed by atoms with Gasteiger partial charge in [-0.3, -0.25) is 0 Å². The predicted octanol–water partition coefficient (Wildman–Crippen LogP) is 2.77. The molecule has 1 heterocycles. The first-order valence-electron chi connectivity index (χ1n) is 5.87. The second-order valence-electron chi connectivity index (χ2n) is 4.24. The summed E-state index contributed by atoms with van der Waals surface area (Å²) in [5.41, 5.74) is 1.96. The lowest BCUT2D eigenvalue weighted by Gasteiger charge is -2.18. The smallest absolute Gasteiger partial charge is 0.127 e. The Balaban J connectivity index is 2.11. The molecule has 0 saturated carbocycles. The Kier molecular flexibility index (Phi) is 3.99. The molecule has 1 aromatic carbocycles. The topological polar surface area (TPSA) is 28.4 Å². The number of hydrogen-bond donors (Lipinski definition) is 1. The van der Waals surface area contributed by atoms with Gasteiger partial charge in [-0.05, 0) is 31.3 Å². The Morgan fingerprint density at radius 2 is 2.17 bits per heavy atom. The number of hydrogen-bond acceptors (Lipinski definition) is 3. The quantitative estimate of drug-likeness (QED) is 0.882. The summed E-state index contributed by atoms with van der Waals surface area (Å²) >= 11 is 0. The van der Waals surface area contributed by atoms with Crippen molar-refractivity contribution in [1.29, 1.82) is 0 Å². The first-order chi connectivity index (χ1) is 8.70. The fraction of sp³-hybridized carbons (Fsp3) is 0.286. The van der Waals surface area contributed by atoms with Crippen molar-refractivity contribution in [3.63, 3.8) is 0 Å². The number of furan rings is 1. The summed E-state index contributed by atoms with van der Waals surface area (Å²) < 4.78 is 18.6. The molecule has 0 amide bonds. The highest BCUT2D eigenvalue weighted by Crippen LogP contribution is 2.19. The fourth-order valence-corrected chi connectivity index (χ4v) is 1.87. The van der Waals surface area contributed by atoms with E-state index in [1.807, 2.05) is 31.1 Å². The number of benzene rings is 1. The van der Waals surface area contributed by atoms with Gasteiger partial charge in [0.05, 0.1) is 12.8 Å². The summed E-state index contributed by atoms with van der Waals surface area (Å²) in [6.07, 6.45) is 1.68. The normalized spacial score (nSPS) is 10.6. The first kappa shape index (κ1) is 12.6. The number of nitrogens with one attached hydrogen (secondary N) is 1. The lowest BCUT2D eigenvalue weighted by Crippen LogP contribution is -2.18. The van der Waals surface area contributed by atoms with Gasteiger partial charge < -0.3 is 14.6 Å². The van der Waals surface area contributed by atoms with E-state index < -0.39 is 0 Å². The molecule has 0 atom stereocenters. The van der Waals surface area contributed by atoms with Gasteiger partial charge in [0.2, 0.25) is 0 Å². The van der Waals surface area contributed by atoms with Crippen molar-refractivity contribution in [2.45, 2.75) is 13.1 Å². The number of anilines is 1. The average molecular weight is 248 g/mol. The highest BCUT2D eigenvalue weighted by atomic mass is 19.1. The van der Waals surface area contributed by atoms with Crippen LogP contribution in [0.3, 0.4) is 0 Å². The summed E-state index contributed by atoms with van der Waals surface area (Å²) in [6.45, 7) is 1.39. The molecule has 96 valence electrons. The molecule has 2 rings (SSSR count). The second kappa shape index (κ2) is 5.69. The molecular weight excluding hydrogens is 231 g/mol. The lowest BCUT2D eigenvalue weighted by molar-refractivity contribution is 0.501. The van der Waals surface area contributed by atoms with E-state index in [9.17, 15) is 4.39 Å². The third-order valence-electron chi connectivity index (χ3n) is 2.83. The zero-order chi connectivity index (χ0) is 13.0. The van der Waals surface area contributed by atoms with Gasteiger partial charge in [-0.15, -0.1) is 0 Å². The van der Waals surface area contributed by atoms with Gasteiger partial charge in [-0.25, -0.2) is 4.39 Å². The highest BCUT2D eigenvalue weighted by molar-refractivity contribution is 5.46. The van der Waals surface area contributed by atoms with Crippen molar-refractivity contribution >= 4 is 5.69 Å². The Morgan fingerprint density at radius 3 is 2.89 bits per heavy atom. The van der Waals surface area contributed by atoms with E-state index in [0.29, 0.717) is 6.54 Å². The average Bonchev–Trinajstić information content (AvgIpc) is 2.77. The van der Waals surface area contributed by atoms with Crippen molar-refractivity contribution in [1.82, 2.24) is 5.32 Å². The van der Waals surface area contributed by atoms with E-state index in [-0.39, 0.29) is 5.82 Å². The minimum absolute atomic E-state index is 0.228. The van der Waals surface area contributed by atoms with Crippen LogP contribution in [0, 0.1) is 5.82 Å². The summed E-state index contributed by atoms with van der Waals surface area (Å²) in [7, 11) is 3.81. The molecule has 0 aliphatic heterocycles. The Hall–Kier alpha value is -1.81.